The van der Waals surface area contributed by atoms with E-state index in [2.05, 4.69) is 43.9 Å². The molecule has 0 aromatic heterocycles. The van der Waals surface area contributed by atoms with Crippen molar-refractivity contribution in [3.8, 4) is 17.2 Å². The van der Waals surface area contributed by atoms with Crippen molar-refractivity contribution in [1.29, 1.82) is 0 Å². The molecule has 0 unspecified atom stereocenters. The second-order valence-corrected chi connectivity index (χ2v) is 7.96. The lowest BCUT2D eigenvalue weighted by Crippen LogP contribution is -2.09. The smallest absolute Gasteiger partial charge is 0.127 e. The molecular weight excluding hydrogens is 531 g/mol. The Labute approximate surface area is 187 Å². The van der Waals surface area contributed by atoms with E-state index in [9.17, 15) is 0 Å². The third kappa shape index (κ3) is 6.24. The van der Waals surface area contributed by atoms with Crippen molar-refractivity contribution in [3.05, 3.63) is 88.4 Å². The van der Waals surface area contributed by atoms with E-state index in [1.807, 2.05) is 82.2 Å². The summed E-state index contributed by atoms with van der Waals surface area (Å²) in [5, 5.41) is 4.50. The lowest BCUT2D eigenvalue weighted by atomic mass is 10.1. The summed E-state index contributed by atoms with van der Waals surface area (Å²) in [7, 11) is 1.68. The third-order valence-electron chi connectivity index (χ3n) is 4.01. The lowest BCUT2D eigenvalue weighted by molar-refractivity contribution is 0.414. The minimum Gasteiger partial charge on any atom is -0.497 e. The summed E-state index contributed by atoms with van der Waals surface area (Å²) >= 11 is 5.80. The quantitative estimate of drug-likeness (QED) is 0.139. The van der Waals surface area contributed by atoms with Gasteiger partial charge in [-0.1, -0.05) is 34.1 Å². The predicted octanol–water partition coefficient (Wildman–Crippen LogP) is 6.48. The molecule has 0 heterocycles. The first-order valence-electron chi connectivity index (χ1n) is 8.77. The number of methoxy groups -OCH3 is 1. The molecule has 6 heteroatoms. The number of hydrogen-bond donors (Lipinski definition) is 0. The second kappa shape index (κ2) is 10.5. The van der Waals surface area contributed by atoms with E-state index in [4.69, 9.17) is 9.47 Å². The summed E-state index contributed by atoms with van der Waals surface area (Å²) in [5.41, 5.74) is 2.21. The Bertz CT molecular complexity index is 918. The number of nitrogens with zero attached hydrogens (tertiary/aromatic N) is 2. The molecule has 3 aromatic carbocycles. The van der Waals surface area contributed by atoms with E-state index in [-0.39, 0.29) is 0 Å². The maximum absolute atomic E-state index is 5.81. The largest absolute Gasteiger partial charge is 0.497 e. The maximum Gasteiger partial charge on any atom is 0.127 e. The van der Waals surface area contributed by atoms with Crippen LogP contribution in [0.2, 0.25) is 0 Å². The van der Waals surface area contributed by atoms with E-state index in [0.717, 1.165) is 40.3 Å². The van der Waals surface area contributed by atoms with Gasteiger partial charge in [-0.15, -0.1) is 0 Å². The van der Waals surface area contributed by atoms with Crippen LogP contribution in [0.15, 0.2) is 82.4 Å². The van der Waals surface area contributed by atoms with Crippen molar-refractivity contribution in [2.75, 3.05) is 13.7 Å². The van der Waals surface area contributed by atoms with Gasteiger partial charge in [0.15, 0.2) is 0 Å². The van der Waals surface area contributed by atoms with Gasteiger partial charge in [0, 0.05) is 4.47 Å². The zero-order valence-corrected chi connectivity index (χ0v) is 19.1. The highest BCUT2D eigenvalue weighted by atomic mass is 127. The van der Waals surface area contributed by atoms with Crippen LogP contribution in [0, 0.1) is 0 Å². The van der Waals surface area contributed by atoms with Crippen LogP contribution < -0.4 is 9.47 Å². The fraction of sp³-hybridized carbons (Fsp3) is 0.136. The SMILES string of the molecule is COc1ccc(Br)c(CCN(I)/N=C/c2ccc(Oc3ccccc3)cc2)c1. The topological polar surface area (TPSA) is 34.1 Å². The molecule has 0 aliphatic heterocycles. The third-order valence-corrected chi connectivity index (χ3v) is 5.51. The zero-order valence-electron chi connectivity index (χ0n) is 15.4. The minimum atomic E-state index is 0.790. The Morgan fingerprint density at radius 3 is 2.36 bits per heavy atom. The van der Waals surface area contributed by atoms with Gasteiger partial charge in [-0.25, -0.2) is 3.22 Å². The van der Waals surface area contributed by atoms with E-state index < -0.39 is 0 Å². The van der Waals surface area contributed by atoms with Gasteiger partial charge in [0.05, 0.1) is 42.7 Å². The van der Waals surface area contributed by atoms with Crippen molar-refractivity contribution in [1.82, 2.24) is 3.22 Å². The Morgan fingerprint density at radius 2 is 1.64 bits per heavy atom. The first-order valence-corrected chi connectivity index (χ1v) is 10.5. The molecule has 0 aliphatic carbocycles. The second-order valence-electron chi connectivity index (χ2n) is 6.00. The van der Waals surface area contributed by atoms with Crippen LogP contribution in [0.4, 0.5) is 0 Å². The van der Waals surface area contributed by atoms with Crippen LogP contribution >= 0.6 is 38.8 Å². The molecule has 3 aromatic rings. The first kappa shape index (κ1) is 20.7. The van der Waals surface area contributed by atoms with Crippen LogP contribution in [0.1, 0.15) is 11.1 Å². The molecule has 144 valence electrons. The summed E-state index contributed by atoms with van der Waals surface area (Å²) in [6.45, 7) is 0.790. The fourth-order valence-corrected chi connectivity index (χ4v) is 3.33. The fourth-order valence-electron chi connectivity index (χ4n) is 2.52. The van der Waals surface area contributed by atoms with Gasteiger partial charge in [-0.2, -0.15) is 5.10 Å². The average Bonchev–Trinajstić information content (AvgIpc) is 2.73. The minimum absolute atomic E-state index is 0.790. The van der Waals surface area contributed by atoms with Crippen molar-refractivity contribution in [3.63, 3.8) is 0 Å². The van der Waals surface area contributed by atoms with Crippen molar-refractivity contribution < 1.29 is 9.47 Å². The number of rotatable bonds is 8. The molecule has 0 aliphatic rings. The molecule has 3 rings (SSSR count). The molecule has 0 bridgehead atoms. The van der Waals surface area contributed by atoms with Crippen molar-refractivity contribution >= 4 is 45.0 Å². The number of benzene rings is 3. The highest BCUT2D eigenvalue weighted by Crippen LogP contribution is 2.24. The Hall–Kier alpha value is -2.06. The number of hydrazone groups is 1. The molecule has 0 fully saturated rings. The molecule has 0 spiro atoms. The molecule has 0 saturated heterocycles. The van der Waals surface area contributed by atoms with E-state index in [1.165, 1.54) is 5.56 Å². The molecule has 0 amide bonds. The van der Waals surface area contributed by atoms with E-state index in [1.54, 1.807) is 7.11 Å². The van der Waals surface area contributed by atoms with Gasteiger partial charge in [-0.05, 0) is 72.1 Å². The number of para-hydroxylation sites is 1. The molecular formula is C22H20BrIN2O2. The van der Waals surface area contributed by atoms with Crippen molar-refractivity contribution in [2.45, 2.75) is 6.42 Å². The highest BCUT2D eigenvalue weighted by Gasteiger charge is 2.04. The van der Waals surface area contributed by atoms with Crippen LogP contribution in [0.5, 0.6) is 17.2 Å². The van der Waals surface area contributed by atoms with E-state index in [0.29, 0.717) is 0 Å². The summed E-state index contributed by atoms with van der Waals surface area (Å²) in [4.78, 5) is 0. The lowest BCUT2D eigenvalue weighted by Gasteiger charge is -2.12. The summed E-state index contributed by atoms with van der Waals surface area (Å²) in [5.74, 6) is 2.49. The van der Waals surface area contributed by atoms with Gasteiger partial charge in [0.2, 0.25) is 0 Å². The van der Waals surface area contributed by atoms with E-state index >= 15 is 0 Å². The normalized spacial score (nSPS) is 10.8. The van der Waals surface area contributed by atoms with Crippen LogP contribution in [-0.4, -0.2) is 23.1 Å². The van der Waals surface area contributed by atoms with Gasteiger partial charge in [0.1, 0.15) is 17.2 Å². The molecule has 0 atom stereocenters. The average molecular weight is 551 g/mol. The molecule has 0 radical (unpaired) electrons. The summed E-state index contributed by atoms with van der Waals surface area (Å²) in [6.07, 6.45) is 2.71. The maximum atomic E-state index is 5.81. The Balaban J connectivity index is 1.53. The first-order chi connectivity index (χ1) is 13.6. The van der Waals surface area contributed by atoms with Gasteiger partial charge < -0.3 is 9.47 Å². The van der Waals surface area contributed by atoms with Gasteiger partial charge >= 0.3 is 0 Å². The molecule has 28 heavy (non-hydrogen) atoms. The number of ether oxygens (including phenoxy) is 2. The molecule has 0 saturated carbocycles. The van der Waals surface area contributed by atoms with Crippen LogP contribution in [0.3, 0.4) is 0 Å². The number of halogens is 2. The zero-order chi connectivity index (χ0) is 19.8. The molecule has 4 nitrogen and oxygen atoms in total. The Morgan fingerprint density at radius 1 is 0.964 bits per heavy atom. The summed E-state index contributed by atoms with van der Waals surface area (Å²) < 4.78 is 14.1. The van der Waals surface area contributed by atoms with Gasteiger partial charge in [-0.3, -0.25) is 0 Å². The Kier molecular flexibility index (Phi) is 7.73. The standard InChI is InChI=1S/C22H20BrIN2O2/c1-27-21-11-12-22(23)18(15-21)13-14-26(24)25-16-17-7-9-20(10-8-17)28-19-5-3-2-4-6-19/h2-12,15-16H,13-14H2,1H3/b25-16+. The highest BCUT2D eigenvalue weighted by molar-refractivity contribution is 14.1. The predicted molar refractivity (Wildman–Crippen MR) is 126 cm³/mol. The molecule has 0 N–H and O–H groups in total. The van der Waals surface area contributed by atoms with Crippen LogP contribution in [-0.2, 0) is 6.42 Å². The van der Waals surface area contributed by atoms with Crippen LogP contribution in [0.25, 0.3) is 0 Å². The summed E-state index contributed by atoms with van der Waals surface area (Å²) in [6, 6.07) is 23.6. The monoisotopic (exact) mass is 550 g/mol. The van der Waals surface area contributed by atoms with Crippen molar-refractivity contribution in [2.24, 2.45) is 5.10 Å². The number of hydrogen-bond acceptors (Lipinski definition) is 4. The van der Waals surface area contributed by atoms with Gasteiger partial charge in [0.25, 0.3) is 0 Å².